The van der Waals surface area contributed by atoms with Gasteiger partial charge in [0.1, 0.15) is 24.1 Å². The molecule has 3 rings (SSSR count). The molecule has 10 heteroatoms. The molecule has 0 aliphatic rings. The maximum Gasteiger partial charge on any atom is 0.244 e. The van der Waals surface area contributed by atoms with E-state index in [1.54, 1.807) is 12.1 Å². The number of nitrogens with zero attached hydrogens (tertiary/aromatic N) is 2. The molecule has 0 heterocycles. The molecule has 3 aromatic rings. The van der Waals surface area contributed by atoms with Crippen LogP contribution >= 0.6 is 0 Å². The van der Waals surface area contributed by atoms with Crippen LogP contribution in [0.1, 0.15) is 23.6 Å². The number of amides is 2. The Hall–Kier alpha value is -4.05. The highest BCUT2D eigenvalue weighted by Gasteiger charge is 2.34. The molecular weight excluding hydrogens is 530 g/mol. The highest BCUT2D eigenvalue weighted by Crippen LogP contribution is 2.34. The first-order valence-corrected chi connectivity index (χ1v) is 14.8. The van der Waals surface area contributed by atoms with Crippen LogP contribution in [0.25, 0.3) is 0 Å². The van der Waals surface area contributed by atoms with Gasteiger partial charge in [0.2, 0.25) is 21.8 Å². The van der Waals surface area contributed by atoms with E-state index >= 15 is 0 Å². The summed E-state index contributed by atoms with van der Waals surface area (Å²) < 4.78 is 37.8. The summed E-state index contributed by atoms with van der Waals surface area (Å²) in [5, 5.41) is 2.85. The maximum atomic E-state index is 14.2. The molecule has 3 aromatic carbocycles. The van der Waals surface area contributed by atoms with Crippen LogP contribution in [0.2, 0.25) is 0 Å². The Balaban J connectivity index is 2.10. The van der Waals surface area contributed by atoms with E-state index in [0.717, 1.165) is 27.3 Å². The lowest BCUT2D eigenvalue weighted by molar-refractivity contribution is -0.140. The third-order valence-corrected chi connectivity index (χ3v) is 7.68. The lowest BCUT2D eigenvalue weighted by Crippen LogP contribution is -2.53. The third kappa shape index (κ3) is 7.75. The molecule has 40 heavy (non-hydrogen) atoms. The Morgan fingerprint density at radius 2 is 1.62 bits per heavy atom. The zero-order valence-electron chi connectivity index (χ0n) is 23.6. The first-order valence-electron chi connectivity index (χ1n) is 12.9. The number of hydrogen-bond donors (Lipinski definition) is 1. The zero-order chi connectivity index (χ0) is 29.3. The van der Waals surface area contributed by atoms with Crippen molar-refractivity contribution in [3.05, 3.63) is 89.5 Å². The number of nitrogens with one attached hydrogen (secondary N) is 1. The molecule has 0 bridgehead atoms. The summed E-state index contributed by atoms with van der Waals surface area (Å²) in [5.74, 6) is -0.198. The second kappa shape index (κ2) is 13.8. The van der Waals surface area contributed by atoms with Crippen LogP contribution in [-0.4, -0.2) is 64.7 Å². The SMILES string of the molecule is CCNC(=O)[C@@H](Cc1ccccc1)N(Cc1ccccc1C)C(=O)CN(c1cc(OC)ccc1OC)S(C)(=O)=O. The van der Waals surface area contributed by atoms with E-state index in [2.05, 4.69) is 5.32 Å². The Morgan fingerprint density at radius 1 is 0.950 bits per heavy atom. The van der Waals surface area contributed by atoms with E-state index in [1.807, 2.05) is 68.4 Å². The molecule has 0 saturated heterocycles. The number of ether oxygens (including phenoxy) is 2. The van der Waals surface area contributed by atoms with Gasteiger partial charge in [-0.3, -0.25) is 13.9 Å². The van der Waals surface area contributed by atoms with Crippen molar-refractivity contribution >= 4 is 27.5 Å². The number of benzene rings is 3. The molecule has 0 aromatic heterocycles. The highest BCUT2D eigenvalue weighted by atomic mass is 32.2. The van der Waals surface area contributed by atoms with E-state index in [-0.39, 0.29) is 30.3 Å². The van der Waals surface area contributed by atoms with Crippen molar-refractivity contribution in [2.75, 3.05) is 37.9 Å². The number of methoxy groups -OCH3 is 2. The predicted molar refractivity (Wildman–Crippen MR) is 156 cm³/mol. The first kappa shape index (κ1) is 30.5. The maximum absolute atomic E-state index is 14.2. The fourth-order valence-corrected chi connectivity index (χ4v) is 5.25. The minimum Gasteiger partial charge on any atom is -0.497 e. The number of likely N-dealkylation sites (N-methyl/N-ethyl adjacent to an activating group) is 1. The summed E-state index contributed by atoms with van der Waals surface area (Å²) in [5.41, 5.74) is 2.83. The summed E-state index contributed by atoms with van der Waals surface area (Å²) in [6.07, 6.45) is 1.28. The van der Waals surface area contributed by atoms with Gasteiger partial charge in [-0.25, -0.2) is 8.42 Å². The average Bonchev–Trinajstić information content (AvgIpc) is 2.94. The van der Waals surface area contributed by atoms with Gasteiger partial charge >= 0.3 is 0 Å². The van der Waals surface area contributed by atoms with Crippen LogP contribution in [0.15, 0.2) is 72.8 Å². The van der Waals surface area contributed by atoms with Crippen molar-refractivity contribution in [2.24, 2.45) is 0 Å². The normalized spacial score (nSPS) is 11.8. The Labute approximate surface area is 236 Å². The molecule has 0 spiro atoms. The topological polar surface area (TPSA) is 105 Å². The van der Waals surface area contributed by atoms with Gasteiger partial charge in [0.25, 0.3) is 0 Å². The van der Waals surface area contributed by atoms with Gasteiger partial charge in [-0.05, 0) is 42.7 Å². The molecule has 0 saturated carbocycles. The third-order valence-electron chi connectivity index (χ3n) is 6.56. The number of carbonyl (C=O) groups is 2. The van der Waals surface area contributed by atoms with E-state index in [4.69, 9.17) is 9.47 Å². The Kier molecular flexibility index (Phi) is 10.6. The molecular formula is C30H37N3O6S. The van der Waals surface area contributed by atoms with Crippen molar-refractivity contribution in [3.8, 4) is 11.5 Å². The van der Waals surface area contributed by atoms with Gasteiger partial charge in [0.15, 0.2) is 0 Å². The van der Waals surface area contributed by atoms with E-state index in [9.17, 15) is 18.0 Å². The summed E-state index contributed by atoms with van der Waals surface area (Å²) in [7, 11) is -1.07. The number of rotatable bonds is 13. The minimum absolute atomic E-state index is 0.118. The molecule has 0 aliphatic heterocycles. The number of aryl methyl sites for hydroxylation is 1. The quantitative estimate of drug-likeness (QED) is 0.339. The second-order valence-corrected chi connectivity index (χ2v) is 11.3. The zero-order valence-corrected chi connectivity index (χ0v) is 24.4. The first-order chi connectivity index (χ1) is 19.1. The number of hydrogen-bond acceptors (Lipinski definition) is 6. The van der Waals surface area contributed by atoms with E-state index in [0.29, 0.717) is 12.3 Å². The molecule has 0 radical (unpaired) electrons. The van der Waals surface area contributed by atoms with Crippen LogP contribution in [-0.2, 0) is 32.6 Å². The van der Waals surface area contributed by atoms with Crippen LogP contribution in [0.3, 0.4) is 0 Å². The fourth-order valence-electron chi connectivity index (χ4n) is 4.40. The average molecular weight is 568 g/mol. The monoisotopic (exact) mass is 567 g/mol. The van der Waals surface area contributed by atoms with E-state index in [1.165, 1.54) is 25.2 Å². The van der Waals surface area contributed by atoms with Crippen LogP contribution in [0.5, 0.6) is 11.5 Å². The summed E-state index contributed by atoms with van der Waals surface area (Å²) >= 11 is 0. The minimum atomic E-state index is -3.95. The van der Waals surface area contributed by atoms with Crippen LogP contribution < -0.4 is 19.1 Å². The van der Waals surface area contributed by atoms with Crippen molar-refractivity contribution < 1.29 is 27.5 Å². The molecule has 0 unspecified atom stereocenters. The molecule has 1 atom stereocenters. The van der Waals surface area contributed by atoms with Gasteiger partial charge in [-0.15, -0.1) is 0 Å². The Morgan fingerprint density at radius 3 is 2.23 bits per heavy atom. The second-order valence-electron chi connectivity index (χ2n) is 9.36. The van der Waals surface area contributed by atoms with Gasteiger partial charge in [-0.1, -0.05) is 54.6 Å². The lowest BCUT2D eigenvalue weighted by atomic mass is 10.0. The van der Waals surface area contributed by atoms with Gasteiger partial charge < -0.3 is 19.7 Å². The van der Waals surface area contributed by atoms with Crippen molar-refractivity contribution in [2.45, 2.75) is 32.9 Å². The molecule has 9 nitrogen and oxygen atoms in total. The lowest BCUT2D eigenvalue weighted by Gasteiger charge is -2.34. The van der Waals surface area contributed by atoms with Crippen LogP contribution in [0, 0.1) is 6.92 Å². The van der Waals surface area contributed by atoms with E-state index < -0.39 is 28.5 Å². The number of carbonyl (C=O) groups excluding carboxylic acids is 2. The molecule has 0 fully saturated rings. The highest BCUT2D eigenvalue weighted by molar-refractivity contribution is 7.92. The van der Waals surface area contributed by atoms with Gasteiger partial charge in [-0.2, -0.15) is 0 Å². The molecule has 214 valence electrons. The smallest absolute Gasteiger partial charge is 0.244 e. The fraction of sp³-hybridized carbons (Fsp3) is 0.333. The summed E-state index contributed by atoms with van der Waals surface area (Å²) in [6, 6.07) is 20.8. The number of anilines is 1. The molecule has 2 amide bonds. The van der Waals surface area contributed by atoms with Crippen molar-refractivity contribution in [1.29, 1.82) is 0 Å². The predicted octanol–water partition coefficient (Wildman–Crippen LogP) is 3.55. The molecule has 1 N–H and O–H groups in total. The van der Waals surface area contributed by atoms with Crippen LogP contribution in [0.4, 0.5) is 5.69 Å². The van der Waals surface area contributed by atoms with Gasteiger partial charge in [0, 0.05) is 25.6 Å². The standard InChI is InChI=1S/C30H37N3O6S/c1-6-31-30(35)27(18-23-13-8-7-9-14-23)32(20-24-15-11-10-12-22(24)2)29(34)21-33(40(5,36)37)26-19-25(38-3)16-17-28(26)39-4/h7-17,19,27H,6,18,20-21H2,1-5H3,(H,31,35)/t27-/m1/s1. The van der Waals surface area contributed by atoms with Gasteiger partial charge in [0.05, 0.1) is 26.2 Å². The summed E-state index contributed by atoms with van der Waals surface area (Å²) in [6.45, 7) is 3.70. The van der Waals surface area contributed by atoms with Crippen molar-refractivity contribution in [1.82, 2.24) is 10.2 Å². The largest absolute Gasteiger partial charge is 0.497 e. The Bertz CT molecular complexity index is 1410. The summed E-state index contributed by atoms with van der Waals surface area (Å²) in [4.78, 5) is 29.0. The van der Waals surface area contributed by atoms with Crippen molar-refractivity contribution in [3.63, 3.8) is 0 Å². The number of sulfonamides is 1. The molecule has 0 aliphatic carbocycles.